The highest BCUT2D eigenvalue weighted by molar-refractivity contribution is 6.32. The van der Waals surface area contributed by atoms with Gasteiger partial charge in [-0.2, -0.15) is 0 Å². The Hall–Kier alpha value is -2.17. The number of benzene rings is 2. The smallest absolute Gasteiger partial charge is 0.180 e. The largest absolute Gasteiger partial charge is 0.493 e. The lowest BCUT2D eigenvalue weighted by atomic mass is 10.2. The minimum Gasteiger partial charge on any atom is -0.493 e. The molecule has 0 spiro atoms. The summed E-state index contributed by atoms with van der Waals surface area (Å²) in [6.45, 7) is 4.59. The highest BCUT2D eigenvalue weighted by atomic mass is 35.5. The average molecular weight is 319 g/mol. The number of hydrazine groups is 1. The summed E-state index contributed by atoms with van der Waals surface area (Å²) in [5.41, 5.74) is 8.23. The molecule has 0 amide bonds. The van der Waals surface area contributed by atoms with Crippen LogP contribution in [0.4, 0.5) is 5.69 Å². The van der Waals surface area contributed by atoms with Crippen molar-refractivity contribution in [3.63, 3.8) is 0 Å². The first-order chi connectivity index (χ1) is 10.7. The van der Waals surface area contributed by atoms with Gasteiger partial charge in [0.25, 0.3) is 0 Å². The Morgan fingerprint density at radius 1 is 1.23 bits per heavy atom. The Morgan fingerprint density at radius 2 is 2.00 bits per heavy atom. The molecule has 0 bridgehead atoms. The highest BCUT2D eigenvalue weighted by Crippen LogP contribution is 2.36. The van der Waals surface area contributed by atoms with Gasteiger partial charge in [-0.3, -0.25) is 0 Å². The van der Waals surface area contributed by atoms with Gasteiger partial charge in [0.2, 0.25) is 0 Å². The number of anilines is 1. The first kappa shape index (κ1) is 16.2. The second kappa shape index (κ2) is 8.32. The van der Waals surface area contributed by atoms with Gasteiger partial charge < -0.3 is 14.9 Å². The molecule has 2 aromatic carbocycles. The predicted octanol–water partition coefficient (Wildman–Crippen LogP) is 4.03. The van der Waals surface area contributed by atoms with Crippen LogP contribution in [0.5, 0.6) is 11.5 Å². The molecule has 0 saturated heterocycles. The summed E-state index contributed by atoms with van der Waals surface area (Å²) in [6, 6.07) is 13.6. The topological polar surface area (TPSA) is 42.5 Å². The van der Waals surface area contributed by atoms with Crippen molar-refractivity contribution in [3.05, 3.63) is 65.7 Å². The number of halogens is 1. The van der Waals surface area contributed by atoms with Crippen LogP contribution >= 0.6 is 11.6 Å². The maximum Gasteiger partial charge on any atom is 0.180 e. The van der Waals surface area contributed by atoms with Gasteiger partial charge in [0.05, 0.1) is 12.1 Å². The molecule has 4 nitrogen and oxygen atoms in total. The van der Waals surface area contributed by atoms with Crippen LogP contribution in [-0.2, 0) is 6.54 Å². The van der Waals surface area contributed by atoms with Crippen LogP contribution in [0, 0.1) is 0 Å². The van der Waals surface area contributed by atoms with Crippen molar-refractivity contribution in [2.75, 3.05) is 19.1 Å². The van der Waals surface area contributed by atoms with E-state index in [0.717, 1.165) is 11.3 Å². The van der Waals surface area contributed by atoms with Crippen LogP contribution in [-0.4, -0.2) is 13.7 Å². The molecule has 5 heteroatoms. The third-order valence-electron chi connectivity index (χ3n) is 2.93. The fourth-order valence-electron chi connectivity index (χ4n) is 1.93. The number of nitrogens with one attached hydrogen (secondary N) is 2. The molecule has 0 aliphatic carbocycles. The molecule has 0 heterocycles. The lowest BCUT2D eigenvalue weighted by Gasteiger charge is -2.14. The first-order valence-electron chi connectivity index (χ1n) is 6.88. The molecular formula is C17H19ClN2O2. The van der Waals surface area contributed by atoms with E-state index in [9.17, 15) is 0 Å². The number of methoxy groups -OCH3 is 1. The van der Waals surface area contributed by atoms with Gasteiger partial charge in [-0.1, -0.05) is 42.5 Å². The molecule has 116 valence electrons. The van der Waals surface area contributed by atoms with E-state index in [-0.39, 0.29) is 0 Å². The fourth-order valence-corrected chi connectivity index (χ4v) is 2.22. The van der Waals surface area contributed by atoms with Crippen molar-refractivity contribution in [1.82, 2.24) is 5.43 Å². The molecule has 0 aliphatic heterocycles. The van der Waals surface area contributed by atoms with Crippen LogP contribution in [0.2, 0.25) is 5.02 Å². The summed E-state index contributed by atoms with van der Waals surface area (Å²) in [7, 11) is 1.59. The van der Waals surface area contributed by atoms with Crippen molar-refractivity contribution >= 4 is 17.3 Å². The van der Waals surface area contributed by atoms with E-state index in [4.69, 9.17) is 21.1 Å². The second-order valence-electron chi connectivity index (χ2n) is 4.55. The monoisotopic (exact) mass is 318 g/mol. The summed E-state index contributed by atoms with van der Waals surface area (Å²) in [5, 5.41) is 0.512. The van der Waals surface area contributed by atoms with Gasteiger partial charge in [0, 0.05) is 12.2 Å². The number of ether oxygens (including phenoxy) is 2. The van der Waals surface area contributed by atoms with Crippen molar-refractivity contribution in [1.29, 1.82) is 0 Å². The van der Waals surface area contributed by atoms with Crippen LogP contribution in [0.1, 0.15) is 5.56 Å². The SMILES string of the molecule is C=CCOc1c(Cl)cc(CNNc2ccccc2)cc1OC. The predicted molar refractivity (Wildman–Crippen MR) is 90.6 cm³/mol. The van der Waals surface area contributed by atoms with Crippen molar-refractivity contribution in [2.45, 2.75) is 6.54 Å². The Balaban J connectivity index is 2.02. The number of rotatable bonds is 8. The van der Waals surface area contributed by atoms with Crippen LogP contribution in [0.3, 0.4) is 0 Å². The average Bonchev–Trinajstić information content (AvgIpc) is 2.54. The summed E-state index contributed by atoms with van der Waals surface area (Å²) in [6.07, 6.45) is 1.66. The molecule has 22 heavy (non-hydrogen) atoms. The van der Waals surface area contributed by atoms with Crippen LogP contribution in [0.25, 0.3) is 0 Å². The molecule has 0 fully saturated rings. The Bertz CT molecular complexity index is 618. The lowest BCUT2D eigenvalue weighted by molar-refractivity contribution is 0.326. The second-order valence-corrected chi connectivity index (χ2v) is 4.96. The molecule has 0 atom stereocenters. The van der Waals surface area contributed by atoms with Gasteiger partial charge in [-0.25, -0.2) is 5.43 Å². The summed E-state index contributed by atoms with van der Waals surface area (Å²) in [5.74, 6) is 1.13. The third-order valence-corrected chi connectivity index (χ3v) is 3.21. The van der Waals surface area contributed by atoms with Crippen LogP contribution < -0.4 is 20.3 Å². The molecule has 0 aromatic heterocycles. The van der Waals surface area contributed by atoms with E-state index < -0.39 is 0 Å². The molecule has 2 rings (SSSR count). The van der Waals surface area contributed by atoms with Gasteiger partial charge in [-0.15, -0.1) is 0 Å². The summed E-state index contributed by atoms with van der Waals surface area (Å²) < 4.78 is 10.9. The first-order valence-corrected chi connectivity index (χ1v) is 7.26. The van der Waals surface area contributed by atoms with Crippen molar-refractivity contribution in [2.24, 2.45) is 0 Å². The quantitative estimate of drug-likeness (QED) is 0.569. The van der Waals surface area contributed by atoms with E-state index in [1.54, 1.807) is 13.2 Å². The Kier molecular flexibility index (Phi) is 6.13. The Morgan fingerprint density at radius 3 is 2.68 bits per heavy atom. The van der Waals surface area contributed by atoms with E-state index in [1.165, 1.54) is 0 Å². The van der Waals surface area contributed by atoms with Crippen LogP contribution in [0.15, 0.2) is 55.1 Å². The number of hydrogen-bond acceptors (Lipinski definition) is 4. The van der Waals surface area contributed by atoms with E-state index >= 15 is 0 Å². The van der Waals surface area contributed by atoms with Crippen molar-refractivity contribution in [3.8, 4) is 11.5 Å². The maximum absolute atomic E-state index is 6.26. The zero-order chi connectivity index (χ0) is 15.8. The van der Waals surface area contributed by atoms with Gasteiger partial charge in [0.1, 0.15) is 6.61 Å². The lowest BCUT2D eigenvalue weighted by Crippen LogP contribution is -2.20. The van der Waals surface area contributed by atoms with Crippen molar-refractivity contribution < 1.29 is 9.47 Å². The van der Waals surface area contributed by atoms with E-state index in [1.807, 2.05) is 42.5 Å². The normalized spacial score (nSPS) is 10.1. The standard InChI is InChI=1S/C17H19ClN2O2/c1-3-9-22-17-15(18)10-13(11-16(17)21-2)12-19-20-14-7-5-4-6-8-14/h3-8,10-11,19-20H,1,9,12H2,2H3. The van der Waals surface area contributed by atoms with E-state index in [2.05, 4.69) is 17.4 Å². The maximum atomic E-state index is 6.26. The fraction of sp³-hybridized carbons (Fsp3) is 0.176. The van der Waals surface area contributed by atoms with Gasteiger partial charge in [0.15, 0.2) is 11.5 Å². The zero-order valence-electron chi connectivity index (χ0n) is 12.4. The molecule has 0 aliphatic rings. The number of hydrogen-bond donors (Lipinski definition) is 2. The zero-order valence-corrected chi connectivity index (χ0v) is 13.2. The minimum absolute atomic E-state index is 0.378. The van der Waals surface area contributed by atoms with E-state index in [0.29, 0.717) is 29.7 Å². The molecule has 2 N–H and O–H groups in total. The molecule has 0 unspecified atom stereocenters. The molecular weight excluding hydrogens is 300 g/mol. The number of para-hydroxylation sites is 1. The highest BCUT2D eigenvalue weighted by Gasteiger charge is 2.11. The third kappa shape index (κ3) is 4.41. The van der Waals surface area contributed by atoms with Gasteiger partial charge in [-0.05, 0) is 29.8 Å². The minimum atomic E-state index is 0.378. The molecule has 0 saturated carbocycles. The van der Waals surface area contributed by atoms with Gasteiger partial charge >= 0.3 is 0 Å². The summed E-state index contributed by atoms with van der Waals surface area (Å²) >= 11 is 6.26. The molecule has 2 aromatic rings. The molecule has 0 radical (unpaired) electrons. The Labute approximate surface area is 135 Å². The summed E-state index contributed by atoms with van der Waals surface area (Å²) in [4.78, 5) is 0.